The first-order chi connectivity index (χ1) is 18.9. The normalized spacial score (nSPS) is 14.3. The maximum absolute atomic E-state index is 14.3. The van der Waals surface area contributed by atoms with E-state index < -0.39 is 41.6 Å². The molecule has 0 saturated heterocycles. The fourth-order valence-electron chi connectivity index (χ4n) is 4.19. The Morgan fingerprint density at radius 3 is 2.38 bits per heavy atom. The van der Waals surface area contributed by atoms with Gasteiger partial charge in [0.25, 0.3) is 0 Å². The molecule has 1 fully saturated rings. The Hall–Kier alpha value is -4.34. The summed E-state index contributed by atoms with van der Waals surface area (Å²) in [6, 6.07) is 10.9. The molecule has 40 heavy (non-hydrogen) atoms. The molecule has 1 saturated carbocycles. The second-order valence-electron chi connectivity index (χ2n) is 10.6. The first-order valence-electron chi connectivity index (χ1n) is 13.1. The van der Waals surface area contributed by atoms with Crippen LogP contribution in [0.25, 0.3) is 6.08 Å². The lowest BCUT2D eigenvalue weighted by atomic mass is 9.98. The zero-order valence-corrected chi connectivity index (χ0v) is 23.3. The lowest BCUT2D eigenvalue weighted by Gasteiger charge is -2.35. The van der Waals surface area contributed by atoms with Crippen molar-refractivity contribution < 1.29 is 33.8 Å². The van der Waals surface area contributed by atoms with Crippen molar-refractivity contribution in [2.45, 2.75) is 63.8 Å². The standard InChI is InChI=1S/C30H37N3O7/c1-6-19-8-7-9-21(16-19)26(27(36)31-18-25(35)39-5)33(22-12-13-22)28(37)24(32-29(38)40-30(2,3)4)17-20-10-14-23(34)15-11-20/h6-11,14-16,22,24,26,34H,1,12-13,17-18H2,2-5H3,(H,31,36)(H,32,38). The molecule has 0 heterocycles. The molecule has 0 spiro atoms. The highest BCUT2D eigenvalue weighted by atomic mass is 16.6. The largest absolute Gasteiger partial charge is 0.508 e. The minimum atomic E-state index is -1.09. The van der Waals surface area contributed by atoms with Gasteiger partial charge in [-0.2, -0.15) is 0 Å². The molecule has 0 bridgehead atoms. The first kappa shape index (κ1) is 30.2. The maximum atomic E-state index is 14.3. The summed E-state index contributed by atoms with van der Waals surface area (Å²) in [5.41, 5.74) is 1.16. The third-order valence-electron chi connectivity index (χ3n) is 6.18. The van der Waals surface area contributed by atoms with Crippen LogP contribution in [0.15, 0.2) is 55.1 Å². The van der Waals surface area contributed by atoms with E-state index in [-0.39, 0.29) is 24.8 Å². The average molecular weight is 552 g/mol. The van der Waals surface area contributed by atoms with Gasteiger partial charge in [-0.25, -0.2) is 4.79 Å². The van der Waals surface area contributed by atoms with Crippen LogP contribution < -0.4 is 10.6 Å². The lowest BCUT2D eigenvalue weighted by molar-refractivity contribution is -0.145. The summed E-state index contributed by atoms with van der Waals surface area (Å²) in [7, 11) is 1.22. The Morgan fingerprint density at radius 2 is 1.80 bits per heavy atom. The number of methoxy groups -OCH3 is 1. The number of alkyl carbamates (subject to hydrolysis) is 1. The van der Waals surface area contributed by atoms with E-state index in [1.165, 1.54) is 24.1 Å². The highest BCUT2D eigenvalue weighted by Gasteiger charge is 2.44. The number of carbonyl (C=O) groups excluding carboxylic acids is 4. The van der Waals surface area contributed by atoms with Crippen LogP contribution in [0.2, 0.25) is 0 Å². The molecule has 3 amide bonds. The lowest BCUT2D eigenvalue weighted by Crippen LogP contribution is -2.54. The van der Waals surface area contributed by atoms with Crippen LogP contribution in [0, 0.1) is 0 Å². The fourth-order valence-corrected chi connectivity index (χ4v) is 4.19. The average Bonchev–Trinajstić information content (AvgIpc) is 3.74. The van der Waals surface area contributed by atoms with E-state index >= 15 is 0 Å². The van der Waals surface area contributed by atoms with Crippen molar-refractivity contribution in [2.24, 2.45) is 0 Å². The molecule has 0 radical (unpaired) electrons. The highest BCUT2D eigenvalue weighted by molar-refractivity contribution is 5.93. The number of aromatic hydroxyl groups is 1. The second-order valence-corrected chi connectivity index (χ2v) is 10.6. The minimum Gasteiger partial charge on any atom is -0.508 e. The summed E-state index contributed by atoms with van der Waals surface area (Å²) in [5.74, 6) is -1.61. The Balaban J connectivity index is 2.02. The molecule has 3 rings (SSSR count). The number of esters is 1. The number of amides is 3. The molecule has 10 heteroatoms. The predicted octanol–water partition coefficient (Wildman–Crippen LogP) is 3.49. The minimum absolute atomic E-state index is 0.0655. The molecular formula is C30H37N3O7. The van der Waals surface area contributed by atoms with Gasteiger partial charge in [-0.1, -0.05) is 43.0 Å². The van der Waals surface area contributed by atoms with Gasteiger partial charge in [0.2, 0.25) is 11.8 Å². The number of rotatable bonds is 11. The molecule has 1 aliphatic carbocycles. The summed E-state index contributed by atoms with van der Waals surface area (Å²) in [5, 5.41) is 15.0. The summed E-state index contributed by atoms with van der Waals surface area (Å²) in [6.45, 7) is 8.58. The third kappa shape index (κ3) is 8.59. The van der Waals surface area contributed by atoms with Crippen LogP contribution in [-0.4, -0.2) is 65.2 Å². The smallest absolute Gasteiger partial charge is 0.408 e. The third-order valence-corrected chi connectivity index (χ3v) is 6.18. The van der Waals surface area contributed by atoms with Gasteiger partial charge in [0.05, 0.1) is 7.11 Å². The van der Waals surface area contributed by atoms with Crippen LogP contribution >= 0.6 is 0 Å². The number of nitrogens with zero attached hydrogens (tertiary/aromatic N) is 1. The topological polar surface area (TPSA) is 134 Å². The number of benzene rings is 2. The van der Waals surface area contributed by atoms with E-state index in [1.807, 2.05) is 6.07 Å². The molecule has 214 valence electrons. The first-order valence-corrected chi connectivity index (χ1v) is 13.1. The number of hydrogen-bond acceptors (Lipinski definition) is 7. The van der Waals surface area contributed by atoms with Crippen molar-refractivity contribution in [3.8, 4) is 5.75 Å². The van der Waals surface area contributed by atoms with Crippen LogP contribution in [-0.2, 0) is 30.3 Å². The summed E-state index contributed by atoms with van der Waals surface area (Å²) in [4.78, 5) is 53.9. The Morgan fingerprint density at radius 1 is 1.12 bits per heavy atom. The Labute approximate surface area is 234 Å². The van der Waals surface area contributed by atoms with Gasteiger partial charge in [-0.3, -0.25) is 14.4 Å². The van der Waals surface area contributed by atoms with E-state index in [4.69, 9.17) is 4.74 Å². The molecule has 0 aliphatic heterocycles. The van der Waals surface area contributed by atoms with Gasteiger partial charge < -0.3 is 30.1 Å². The predicted molar refractivity (Wildman–Crippen MR) is 149 cm³/mol. The van der Waals surface area contributed by atoms with Gasteiger partial charge in [-0.15, -0.1) is 0 Å². The molecule has 2 aromatic carbocycles. The quantitative estimate of drug-likeness (QED) is 0.364. The summed E-state index contributed by atoms with van der Waals surface area (Å²) >= 11 is 0. The van der Waals surface area contributed by atoms with E-state index in [2.05, 4.69) is 21.9 Å². The molecule has 0 aromatic heterocycles. The highest BCUT2D eigenvalue weighted by Crippen LogP contribution is 2.36. The van der Waals surface area contributed by atoms with Crippen molar-refractivity contribution >= 4 is 30.0 Å². The number of nitrogens with one attached hydrogen (secondary N) is 2. The van der Waals surface area contributed by atoms with Gasteiger partial charge in [-0.05, 0) is 68.5 Å². The molecule has 2 aromatic rings. The maximum Gasteiger partial charge on any atom is 0.408 e. The van der Waals surface area contributed by atoms with Crippen LogP contribution in [0.5, 0.6) is 5.75 Å². The fraction of sp³-hybridized carbons (Fsp3) is 0.400. The molecule has 10 nitrogen and oxygen atoms in total. The van der Waals surface area contributed by atoms with Crippen molar-refractivity contribution in [1.82, 2.24) is 15.5 Å². The van der Waals surface area contributed by atoms with Crippen molar-refractivity contribution in [3.05, 3.63) is 71.8 Å². The number of phenolic OH excluding ortho intramolecular Hbond substituents is 1. The second kappa shape index (κ2) is 13.1. The SMILES string of the molecule is C=Cc1cccc(C(C(=O)NCC(=O)OC)N(C(=O)C(Cc2ccc(O)cc2)NC(=O)OC(C)(C)C)C2CC2)c1. The van der Waals surface area contributed by atoms with E-state index in [0.717, 1.165) is 5.56 Å². The van der Waals surface area contributed by atoms with Crippen molar-refractivity contribution in [1.29, 1.82) is 0 Å². The number of carbonyl (C=O) groups is 4. The monoisotopic (exact) mass is 551 g/mol. The van der Waals surface area contributed by atoms with Gasteiger partial charge in [0, 0.05) is 12.5 Å². The Kier molecular flexibility index (Phi) is 9.93. The van der Waals surface area contributed by atoms with Crippen LogP contribution in [0.4, 0.5) is 4.79 Å². The van der Waals surface area contributed by atoms with Gasteiger partial charge in [0.15, 0.2) is 0 Å². The molecule has 1 aliphatic rings. The Bertz CT molecular complexity index is 1230. The summed E-state index contributed by atoms with van der Waals surface area (Å²) in [6.07, 6.45) is 2.29. The number of hydrogen-bond donors (Lipinski definition) is 3. The van der Waals surface area contributed by atoms with Crippen LogP contribution in [0.1, 0.15) is 56.3 Å². The number of ether oxygens (including phenoxy) is 2. The molecule has 3 N–H and O–H groups in total. The van der Waals surface area contributed by atoms with Crippen LogP contribution in [0.3, 0.4) is 0 Å². The zero-order chi connectivity index (χ0) is 29.4. The van der Waals surface area contributed by atoms with E-state index in [1.54, 1.807) is 57.2 Å². The summed E-state index contributed by atoms with van der Waals surface area (Å²) < 4.78 is 10.1. The van der Waals surface area contributed by atoms with Crippen molar-refractivity contribution in [3.63, 3.8) is 0 Å². The molecular weight excluding hydrogens is 514 g/mol. The molecule has 2 atom stereocenters. The number of phenols is 1. The van der Waals surface area contributed by atoms with Gasteiger partial charge >= 0.3 is 12.1 Å². The van der Waals surface area contributed by atoms with Crippen molar-refractivity contribution in [2.75, 3.05) is 13.7 Å². The van der Waals surface area contributed by atoms with E-state index in [0.29, 0.717) is 24.0 Å². The van der Waals surface area contributed by atoms with E-state index in [9.17, 15) is 24.3 Å². The van der Waals surface area contributed by atoms with Gasteiger partial charge in [0.1, 0.15) is 30.0 Å². The molecule has 2 unspecified atom stereocenters. The zero-order valence-electron chi connectivity index (χ0n) is 23.3.